The second kappa shape index (κ2) is 5.91. The van der Waals surface area contributed by atoms with E-state index in [-0.39, 0.29) is 5.88 Å². The molecule has 1 aliphatic carbocycles. The lowest BCUT2D eigenvalue weighted by Crippen LogP contribution is -2.06. The molecule has 8 nitrogen and oxygen atoms in total. The summed E-state index contributed by atoms with van der Waals surface area (Å²) < 4.78 is 7.39. The second-order valence-corrected chi connectivity index (χ2v) is 6.47. The van der Waals surface area contributed by atoms with Gasteiger partial charge in [-0.15, -0.1) is 5.10 Å². The molecule has 0 unspecified atom stereocenters. The molecule has 1 saturated carbocycles. The van der Waals surface area contributed by atoms with E-state index in [1.165, 1.54) is 19.0 Å². The fourth-order valence-corrected chi connectivity index (χ4v) is 3.52. The molecule has 0 bridgehead atoms. The maximum atomic E-state index is 9.84. The van der Waals surface area contributed by atoms with Gasteiger partial charge in [0.1, 0.15) is 5.52 Å². The summed E-state index contributed by atoms with van der Waals surface area (Å²) in [6, 6.07) is 9.65. The Hall–Kier alpha value is -3.29. The topological polar surface area (TPSA) is 103 Å². The Bertz CT molecular complexity index is 1080. The molecule has 4 aromatic rings. The molecule has 8 heteroatoms. The van der Waals surface area contributed by atoms with Crippen LogP contribution in [0, 0.1) is 0 Å². The van der Waals surface area contributed by atoms with E-state index in [0.717, 1.165) is 29.4 Å². The molecule has 1 fully saturated rings. The van der Waals surface area contributed by atoms with Gasteiger partial charge in [-0.25, -0.2) is 9.67 Å². The molecule has 26 heavy (non-hydrogen) atoms. The van der Waals surface area contributed by atoms with Gasteiger partial charge < -0.3 is 9.63 Å². The van der Waals surface area contributed by atoms with E-state index in [4.69, 9.17) is 4.52 Å². The highest BCUT2D eigenvalue weighted by atomic mass is 16.5. The Morgan fingerprint density at radius 2 is 2.04 bits per heavy atom. The predicted molar refractivity (Wildman–Crippen MR) is 93.2 cm³/mol. The third kappa shape index (κ3) is 2.42. The van der Waals surface area contributed by atoms with Crippen molar-refractivity contribution in [3.05, 3.63) is 36.5 Å². The first-order valence-corrected chi connectivity index (χ1v) is 8.63. The molecule has 0 aliphatic heterocycles. The highest BCUT2D eigenvalue weighted by Gasteiger charge is 2.21. The summed E-state index contributed by atoms with van der Waals surface area (Å²) >= 11 is 0. The van der Waals surface area contributed by atoms with Crippen LogP contribution in [0.5, 0.6) is 5.88 Å². The van der Waals surface area contributed by atoms with E-state index in [2.05, 4.69) is 25.4 Å². The van der Waals surface area contributed by atoms with Crippen LogP contribution >= 0.6 is 0 Å². The van der Waals surface area contributed by atoms with Crippen LogP contribution in [0.2, 0.25) is 0 Å². The standard InChI is InChI=1S/C18H16N6O2/c25-17-13(6-3-9-19-17)16-20-18(26-22-16)11-7-8-15-14(10-11)21-23-24(15)12-4-1-2-5-12/h3,6-10,12H,1-2,4-5H2,(H,19,25). The van der Waals surface area contributed by atoms with Crippen molar-refractivity contribution >= 4 is 11.0 Å². The van der Waals surface area contributed by atoms with E-state index < -0.39 is 0 Å². The van der Waals surface area contributed by atoms with Crippen molar-refractivity contribution < 1.29 is 9.63 Å². The molecule has 1 aliphatic rings. The predicted octanol–water partition coefficient (Wildman–Crippen LogP) is 3.36. The summed E-state index contributed by atoms with van der Waals surface area (Å²) in [7, 11) is 0. The third-order valence-electron chi connectivity index (χ3n) is 4.84. The van der Waals surface area contributed by atoms with Crippen LogP contribution in [0.25, 0.3) is 33.9 Å². The Balaban J connectivity index is 1.51. The van der Waals surface area contributed by atoms with Crippen LogP contribution < -0.4 is 0 Å². The number of hydrogen-bond acceptors (Lipinski definition) is 7. The van der Waals surface area contributed by atoms with Crippen LogP contribution in [-0.4, -0.2) is 35.2 Å². The normalized spacial score (nSPS) is 15.1. The summed E-state index contributed by atoms with van der Waals surface area (Å²) in [5, 5.41) is 22.4. The van der Waals surface area contributed by atoms with Gasteiger partial charge in [-0.2, -0.15) is 4.98 Å². The van der Waals surface area contributed by atoms with Gasteiger partial charge in [-0.05, 0) is 43.2 Å². The number of aromatic nitrogens is 6. The van der Waals surface area contributed by atoms with Crippen LogP contribution in [0.4, 0.5) is 0 Å². The van der Waals surface area contributed by atoms with Crippen molar-refractivity contribution in [2.75, 3.05) is 0 Å². The van der Waals surface area contributed by atoms with Crippen molar-refractivity contribution in [3.8, 4) is 28.7 Å². The van der Waals surface area contributed by atoms with Gasteiger partial charge in [0.2, 0.25) is 11.7 Å². The van der Waals surface area contributed by atoms with Gasteiger partial charge in [0.15, 0.2) is 0 Å². The first-order valence-electron chi connectivity index (χ1n) is 8.63. The number of nitrogens with zero attached hydrogens (tertiary/aromatic N) is 6. The van der Waals surface area contributed by atoms with Gasteiger partial charge in [-0.1, -0.05) is 23.2 Å². The molecule has 0 spiro atoms. The summed E-state index contributed by atoms with van der Waals surface area (Å²) in [6.45, 7) is 0. The molecule has 3 aromatic heterocycles. The number of hydrogen-bond donors (Lipinski definition) is 1. The number of benzene rings is 1. The maximum absolute atomic E-state index is 9.84. The van der Waals surface area contributed by atoms with Crippen LogP contribution in [0.1, 0.15) is 31.7 Å². The molecule has 0 atom stereocenters. The van der Waals surface area contributed by atoms with Crippen molar-refractivity contribution in [2.45, 2.75) is 31.7 Å². The average molecular weight is 348 g/mol. The zero-order valence-electron chi connectivity index (χ0n) is 13.9. The summed E-state index contributed by atoms with van der Waals surface area (Å²) in [6.07, 6.45) is 6.30. The van der Waals surface area contributed by atoms with Crippen LogP contribution in [0.15, 0.2) is 41.1 Å². The Morgan fingerprint density at radius 3 is 2.88 bits per heavy atom. The quantitative estimate of drug-likeness (QED) is 0.605. The molecule has 1 aromatic carbocycles. The van der Waals surface area contributed by atoms with E-state index >= 15 is 0 Å². The lowest BCUT2D eigenvalue weighted by atomic mass is 10.2. The first kappa shape index (κ1) is 15.0. The Morgan fingerprint density at radius 1 is 1.15 bits per heavy atom. The van der Waals surface area contributed by atoms with E-state index in [9.17, 15) is 5.11 Å². The van der Waals surface area contributed by atoms with Gasteiger partial charge >= 0.3 is 0 Å². The Kier molecular flexibility index (Phi) is 3.41. The SMILES string of the molecule is Oc1ncccc1-c1noc(-c2ccc3c(c2)nnn3C2CCCC2)n1. The van der Waals surface area contributed by atoms with Gasteiger partial charge in [-0.3, -0.25) is 0 Å². The van der Waals surface area contributed by atoms with E-state index in [1.807, 2.05) is 22.9 Å². The van der Waals surface area contributed by atoms with Gasteiger partial charge in [0.25, 0.3) is 5.89 Å². The molecule has 0 amide bonds. The fourth-order valence-electron chi connectivity index (χ4n) is 3.52. The molecular formula is C18H16N6O2. The zero-order valence-corrected chi connectivity index (χ0v) is 13.9. The minimum atomic E-state index is -0.130. The lowest BCUT2D eigenvalue weighted by molar-refractivity contribution is 0.429. The fraction of sp³-hybridized carbons (Fsp3) is 0.278. The Labute approximate surface area is 148 Å². The van der Waals surface area contributed by atoms with Gasteiger partial charge in [0, 0.05) is 11.8 Å². The minimum Gasteiger partial charge on any atom is -0.493 e. The van der Waals surface area contributed by atoms with Crippen molar-refractivity contribution in [2.24, 2.45) is 0 Å². The van der Waals surface area contributed by atoms with Gasteiger partial charge in [0.05, 0.1) is 17.1 Å². The minimum absolute atomic E-state index is 0.130. The highest BCUT2D eigenvalue weighted by molar-refractivity contribution is 5.80. The largest absolute Gasteiger partial charge is 0.493 e. The zero-order chi connectivity index (χ0) is 17.5. The molecule has 1 N–H and O–H groups in total. The molecule has 0 radical (unpaired) electrons. The monoisotopic (exact) mass is 348 g/mol. The molecular weight excluding hydrogens is 332 g/mol. The summed E-state index contributed by atoms with van der Waals surface area (Å²) in [5.41, 5.74) is 3.01. The van der Waals surface area contributed by atoms with E-state index in [0.29, 0.717) is 23.3 Å². The molecule has 3 heterocycles. The van der Waals surface area contributed by atoms with Crippen molar-refractivity contribution in [1.29, 1.82) is 0 Å². The number of fused-ring (bicyclic) bond motifs is 1. The lowest BCUT2D eigenvalue weighted by Gasteiger charge is -2.09. The smallest absolute Gasteiger partial charge is 0.258 e. The van der Waals surface area contributed by atoms with Crippen LogP contribution in [-0.2, 0) is 0 Å². The second-order valence-electron chi connectivity index (χ2n) is 6.47. The molecule has 0 saturated heterocycles. The maximum Gasteiger partial charge on any atom is 0.258 e. The highest BCUT2D eigenvalue weighted by Crippen LogP contribution is 2.32. The summed E-state index contributed by atoms with van der Waals surface area (Å²) in [5.74, 6) is 0.524. The third-order valence-corrected chi connectivity index (χ3v) is 4.84. The van der Waals surface area contributed by atoms with E-state index in [1.54, 1.807) is 12.1 Å². The van der Waals surface area contributed by atoms with Crippen LogP contribution in [0.3, 0.4) is 0 Å². The molecule has 130 valence electrons. The molecule has 5 rings (SSSR count). The summed E-state index contributed by atoms with van der Waals surface area (Å²) in [4.78, 5) is 8.20. The first-order chi connectivity index (χ1) is 12.8. The number of rotatable bonds is 3. The number of pyridine rings is 1. The van der Waals surface area contributed by atoms with Crippen molar-refractivity contribution in [1.82, 2.24) is 30.1 Å². The number of aromatic hydroxyl groups is 1. The average Bonchev–Trinajstić information content (AvgIpc) is 3.41. The van der Waals surface area contributed by atoms with Crippen molar-refractivity contribution in [3.63, 3.8) is 0 Å².